The summed E-state index contributed by atoms with van der Waals surface area (Å²) in [6.45, 7) is 12.8. The van der Waals surface area contributed by atoms with Crippen molar-refractivity contribution in [1.82, 2.24) is 14.9 Å². The topological polar surface area (TPSA) is 58.3 Å². The maximum Gasteiger partial charge on any atom is 0.134 e. The summed E-state index contributed by atoms with van der Waals surface area (Å²) in [6.07, 6.45) is 0. The van der Waals surface area contributed by atoms with Gasteiger partial charge in [-0.1, -0.05) is 0 Å². The van der Waals surface area contributed by atoms with Crippen molar-refractivity contribution in [3.05, 3.63) is 11.9 Å². The molecule has 0 spiro atoms. The van der Waals surface area contributed by atoms with Gasteiger partial charge in [0.05, 0.1) is 0 Å². The maximum atomic E-state index is 5.77. The van der Waals surface area contributed by atoms with E-state index in [1.807, 2.05) is 13.0 Å². The average molecular weight is 249 g/mol. The largest absolute Gasteiger partial charge is 0.384 e. The van der Waals surface area contributed by atoms with Crippen LogP contribution in [-0.4, -0.2) is 46.6 Å². The third-order valence-electron chi connectivity index (χ3n) is 3.40. The van der Waals surface area contributed by atoms with E-state index in [2.05, 4.69) is 40.5 Å². The number of nitrogens with zero attached hydrogens (tertiary/aromatic N) is 4. The van der Waals surface area contributed by atoms with E-state index in [1.165, 1.54) is 0 Å². The highest BCUT2D eigenvalue weighted by molar-refractivity contribution is 5.47. The van der Waals surface area contributed by atoms with Gasteiger partial charge in [-0.2, -0.15) is 0 Å². The standard InChI is InChI=1S/C13H23N5/c1-10-15-11(14)9-12(16-10)17-5-7-18(8-6-17)13(2,3)4/h9H,5-8H2,1-4H3,(H2,14,15,16). The number of hydrogen-bond donors (Lipinski definition) is 1. The summed E-state index contributed by atoms with van der Waals surface area (Å²) < 4.78 is 0. The van der Waals surface area contributed by atoms with Crippen LogP contribution in [0.4, 0.5) is 11.6 Å². The van der Waals surface area contributed by atoms with Gasteiger partial charge in [0.1, 0.15) is 17.5 Å². The fourth-order valence-corrected chi connectivity index (χ4v) is 2.34. The highest BCUT2D eigenvalue weighted by Gasteiger charge is 2.26. The van der Waals surface area contributed by atoms with Crippen LogP contribution in [0.2, 0.25) is 0 Å². The number of piperazine rings is 1. The minimum absolute atomic E-state index is 0.243. The van der Waals surface area contributed by atoms with Gasteiger partial charge in [-0.05, 0) is 27.7 Å². The molecule has 2 heterocycles. The minimum atomic E-state index is 0.243. The number of anilines is 2. The molecule has 0 aliphatic carbocycles. The number of nitrogen functional groups attached to an aromatic ring is 1. The molecule has 5 nitrogen and oxygen atoms in total. The second-order valence-electron chi connectivity index (χ2n) is 5.84. The molecule has 0 unspecified atom stereocenters. The Labute approximate surface area is 109 Å². The van der Waals surface area contributed by atoms with Gasteiger partial charge in [0.25, 0.3) is 0 Å². The second-order valence-corrected chi connectivity index (χ2v) is 5.84. The molecule has 2 rings (SSSR count). The van der Waals surface area contributed by atoms with Crippen molar-refractivity contribution in [2.24, 2.45) is 0 Å². The first-order valence-electron chi connectivity index (χ1n) is 6.47. The molecule has 0 bridgehead atoms. The SMILES string of the molecule is Cc1nc(N)cc(N2CCN(C(C)(C)C)CC2)n1. The van der Waals surface area contributed by atoms with Crippen LogP contribution in [0.1, 0.15) is 26.6 Å². The summed E-state index contributed by atoms with van der Waals surface area (Å²) in [7, 11) is 0. The lowest BCUT2D eigenvalue weighted by atomic mass is 10.1. The van der Waals surface area contributed by atoms with E-state index in [1.54, 1.807) is 0 Å². The molecule has 0 aromatic carbocycles. The Morgan fingerprint density at radius 1 is 1.11 bits per heavy atom. The van der Waals surface area contributed by atoms with Crippen molar-refractivity contribution in [3.63, 3.8) is 0 Å². The third kappa shape index (κ3) is 2.90. The lowest BCUT2D eigenvalue weighted by Gasteiger charge is -2.42. The average Bonchev–Trinajstić information content (AvgIpc) is 2.27. The van der Waals surface area contributed by atoms with Crippen molar-refractivity contribution >= 4 is 11.6 Å². The van der Waals surface area contributed by atoms with Gasteiger partial charge in [-0.25, -0.2) is 9.97 Å². The molecule has 1 aliphatic rings. The van der Waals surface area contributed by atoms with Gasteiger partial charge < -0.3 is 10.6 Å². The van der Waals surface area contributed by atoms with Crippen LogP contribution in [0.25, 0.3) is 0 Å². The van der Waals surface area contributed by atoms with Gasteiger partial charge in [-0.3, -0.25) is 4.90 Å². The summed E-state index contributed by atoms with van der Waals surface area (Å²) >= 11 is 0. The summed E-state index contributed by atoms with van der Waals surface area (Å²) in [5.74, 6) is 2.24. The molecule has 5 heteroatoms. The summed E-state index contributed by atoms with van der Waals surface area (Å²) in [5, 5.41) is 0. The number of rotatable bonds is 1. The predicted molar refractivity (Wildman–Crippen MR) is 74.7 cm³/mol. The molecule has 0 atom stereocenters. The molecule has 18 heavy (non-hydrogen) atoms. The van der Waals surface area contributed by atoms with Crippen LogP contribution in [0.3, 0.4) is 0 Å². The van der Waals surface area contributed by atoms with E-state index >= 15 is 0 Å². The summed E-state index contributed by atoms with van der Waals surface area (Å²) in [4.78, 5) is 13.4. The van der Waals surface area contributed by atoms with Crippen molar-refractivity contribution < 1.29 is 0 Å². The lowest BCUT2D eigenvalue weighted by molar-refractivity contribution is 0.128. The van der Waals surface area contributed by atoms with E-state index in [-0.39, 0.29) is 5.54 Å². The zero-order chi connectivity index (χ0) is 13.3. The smallest absolute Gasteiger partial charge is 0.134 e. The Bertz CT molecular complexity index is 396. The van der Waals surface area contributed by atoms with E-state index in [9.17, 15) is 0 Å². The lowest BCUT2D eigenvalue weighted by Crippen LogP contribution is -2.53. The Kier molecular flexibility index (Phi) is 3.43. The third-order valence-corrected chi connectivity index (χ3v) is 3.40. The molecule has 0 saturated carbocycles. The van der Waals surface area contributed by atoms with Crippen LogP contribution < -0.4 is 10.6 Å². The first-order valence-corrected chi connectivity index (χ1v) is 6.47. The van der Waals surface area contributed by atoms with E-state index < -0.39 is 0 Å². The molecular weight excluding hydrogens is 226 g/mol. The number of hydrogen-bond acceptors (Lipinski definition) is 5. The van der Waals surface area contributed by atoms with E-state index in [4.69, 9.17) is 5.73 Å². The summed E-state index contributed by atoms with van der Waals surface area (Å²) in [6, 6.07) is 1.86. The maximum absolute atomic E-state index is 5.77. The molecule has 1 saturated heterocycles. The molecule has 0 amide bonds. The first kappa shape index (κ1) is 13.1. The second kappa shape index (κ2) is 4.72. The monoisotopic (exact) mass is 249 g/mol. The fraction of sp³-hybridized carbons (Fsp3) is 0.692. The Morgan fingerprint density at radius 3 is 2.22 bits per heavy atom. The van der Waals surface area contributed by atoms with Gasteiger partial charge >= 0.3 is 0 Å². The van der Waals surface area contributed by atoms with Gasteiger partial charge in [0, 0.05) is 37.8 Å². The number of nitrogens with two attached hydrogens (primary N) is 1. The molecule has 2 N–H and O–H groups in total. The highest BCUT2D eigenvalue weighted by Crippen LogP contribution is 2.20. The quantitative estimate of drug-likeness (QED) is 0.812. The molecule has 1 aromatic rings. The molecule has 1 aromatic heterocycles. The Balaban J connectivity index is 2.05. The van der Waals surface area contributed by atoms with Crippen LogP contribution in [-0.2, 0) is 0 Å². The highest BCUT2D eigenvalue weighted by atomic mass is 15.3. The number of aromatic nitrogens is 2. The van der Waals surface area contributed by atoms with Gasteiger partial charge in [-0.15, -0.1) is 0 Å². The first-order chi connectivity index (χ1) is 8.36. The van der Waals surface area contributed by atoms with E-state index in [0.717, 1.165) is 37.8 Å². The van der Waals surface area contributed by atoms with Crippen molar-refractivity contribution in [1.29, 1.82) is 0 Å². The molecule has 1 aliphatic heterocycles. The fourth-order valence-electron chi connectivity index (χ4n) is 2.34. The van der Waals surface area contributed by atoms with Crippen LogP contribution in [0.5, 0.6) is 0 Å². The van der Waals surface area contributed by atoms with Crippen LogP contribution >= 0.6 is 0 Å². The van der Waals surface area contributed by atoms with Crippen molar-refractivity contribution in [2.45, 2.75) is 33.2 Å². The normalized spacial score (nSPS) is 18.1. The Hall–Kier alpha value is -1.36. The van der Waals surface area contributed by atoms with E-state index in [0.29, 0.717) is 5.82 Å². The van der Waals surface area contributed by atoms with Crippen molar-refractivity contribution in [3.8, 4) is 0 Å². The summed E-state index contributed by atoms with van der Waals surface area (Å²) in [5.41, 5.74) is 6.02. The number of aryl methyl sites for hydroxylation is 1. The predicted octanol–water partition coefficient (Wildman–Crippen LogP) is 1.29. The van der Waals surface area contributed by atoms with Gasteiger partial charge in [0.15, 0.2) is 0 Å². The molecular formula is C13H23N5. The Morgan fingerprint density at radius 2 is 1.72 bits per heavy atom. The van der Waals surface area contributed by atoms with Crippen molar-refractivity contribution in [2.75, 3.05) is 36.8 Å². The van der Waals surface area contributed by atoms with Crippen LogP contribution in [0.15, 0.2) is 6.07 Å². The zero-order valence-corrected chi connectivity index (χ0v) is 11.8. The molecule has 1 fully saturated rings. The molecule has 0 radical (unpaired) electrons. The van der Waals surface area contributed by atoms with Crippen LogP contribution in [0, 0.1) is 6.92 Å². The van der Waals surface area contributed by atoms with Gasteiger partial charge in [0.2, 0.25) is 0 Å². The zero-order valence-electron chi connectivity index (χ0n) is 11.8. The molecule has 100 valence electrons. The minimum Gasteiger partial charge on any atom is -0.384 e.